The Hall–Kier alpha value is -7.11. The number of furan rings is 1. The number of hydrogen-bond donors (Lipinski definition) is 0. The first-order valence-corrected chi connectivity index (χ1v) is 17.4. The predicted molar refractivity (Wildman–Crippen MR) is 213 cm³/mol. The Morgan fingerprint density at radius 3 is 1.69 bits per heavy atom. The number of para-hydroxylation sites is 1. The van der Waals surface area contributed by atoms with E-state index in [1.165, 1.54) is 10.8 Å². The first kappa shape index (κ1) is 29.8. The van der Waals surface area contributed by atoms with Crippen molar-refractivity contribution in [1.29, 1.82) is 0 Å². The lowest BCUT2D eigenvalue weighted by Crippen LogP contribution is -2.10. The van der Waals surface area contributed by atoms with Crippen molar-refractivity contribution < 1.29 is 4.42 Å². The monoisotopic (exact) mass is 666 g/mol. The van der Waals surface area contributed by atoms with Gasteiger partial charge in [-0.3, -0.25) is 0 Å². The van der Waals surface area contributed by atoms with Crippen LogP contribution in [0.5, 0.6) is 0 Å². The van der Waals surface area contributed by atoms with Crippen LogP contribution in [-0.4, -0.2) is 15.0 Å². The summed E-state index contributed by atoms with van der Waals surface area (Å²) in [4.78, 5) is 17.4. The third kappa shape index (κ3) is 5.07. The highest BCUT2D eigenvalue weighted by Crippen LogP contribution is 2.46. The number of rotatable bonds is 6. The van der Waals surface area contributed by atoms with Crippen LogP contribution in [0.4, 0.5) is 17.1 Å². The molecule has 10 aromatic rings. The number of aromatic nitrogens is 3. The number of fused-ring (bicyclic) bond motifs is 6. The molecule has 0 spiro atoms. The topological polar surface area (TPSA) is 55.1 Å². The van der Waals surface area contributed by atoms with Gasteiger partial charge in [0.15, 0.2) is 17.5 Å². The van der Waals surface area contributed by atoms with Gasteiger partial charge in [-0.05, 0) is 46.5 Å². The molecule has 52 heavy (non-hydrogen) atoms. The molecule has 0 N–H and O–H groups in total. The largest absolute Gasteiger partial charge is 0.456 e. The molecule has 0 aliphatic heterocycles. The van der Waals surface area contributed by atoms with Crippen molar-refractivity contribution in [3.8, 4) is 34.2 Å². The highest BCUT2D eigenvalue weighted by molar-refractivity contribution is 6.25. The van der Waals surface area contributed by atoms with Crippen LogP contribution >= 0.6 is 0 Å². The van der Waals surface area contributed by atoms with Crippen molar-refractivity contribution in [2.24, 2.45) is 0 Å². The molecule has 0 fully saturated rings. The Kier molecular flexibility index (Phi) is 7.07. The standard InChI is InChI=1S/C47H30N4O/c1-4-16-32(17-5-1)45-48-46(33-18-6-2-7-19-33)50-47(49-45)39-25-14-26-41-44(39)43-38-24-13-12-23-37(38)40(30-42(43)52-41)51(35-21-8-3-9-22-35)36-28-27-31-15-10-11-20-34(31)29-36/h1-30H. The minimum Gasteiger partial charge on any atom is -0.456 e. The van der Waals surface area contributed by atoms with E-state index >= 15 is 0 Å². The minimum absolute atomic E-state index is 0.594. The Bertz CT molecular complexity index is 2850. The molecule has 0 saturated heterocycles. The SMILES string of the molecule is c1ccc(-c2nc(-c3ccccc3)nc(-c3cccc4oc5cc(N(c6ccccc6)c6ccc7ccccc7c6)c6ccccc6c5c34)n2)cc1. The maximum absolute atomic E-state index is 6.79. The van der Waals surface area contributed by atoms with Crippen LogP contribution in [0, 0.1) is 0 Å². The van der Waals surface area contributed by atoms with Crippen LogP contribution in [0.15, 0.2) is 186 Å². The van der Waals surface area contributed by atoms with E-state index in [0.29, 0.717) is 17.5 Å². The number of nitrogens with zero attached hydrogens (tertiary/aromatic N) is 4. The van der Waals surface area contributed by atoms with Crippen LogP contribution in [0.25, 0.3) is 77.6 Å². The summed E-state index contributed by atoms with van der Waals surface area (Å²) in [5, 5.41) is 6.58. The van der Waals surface area contributed by atoms with Gasteiger partial charge in [-0.25, -0.2) is 15.0 Å². The van der Waals surface area contributed by atoms with Crippen LogP contribution in [0.1, 0.15) is 0 Å². The van der Waals surface area contributed by atoms with E-state index in [-0.39, 0.29) is 0 Å². The van der Waals surface area contributed by atoms with Gasteiger partial charge in [0.05, 0.1) is 5.69 Å². The molecule has 0 aliphatic rings. The fourth-order valence-electron chi connectivity index (χ4n) is 7.28. The van der Waals surface area contributed by atoms with E-state index in [9.17, 15) is 0 Å². The van der Waals surface area contributed by atoms with E-state index in [2.05, 4.69) is 114 Å². The van der Waals surface area contributed by atoms with Gasteiger partial charge in [0.2, 0.25) is 0 Å². The van der Waals surface area contributed by atoms with Gasteiger partial charge in [-0.1, -0.05) is 146 Å². The van der Waals surface area contributed by atoms with Gasteiger partial charge in [-0.2, -0.15) is 0 Å². The molecule has 0 radical (unpaired) electrons. The van der Waals surface area contributed by atoms with Gasteiger partial charge in [0, 0.05) is 50.3 Å². The molecule has 2 heterocycles. The smallest absolute Gasteiger partial charge is 0.164 e. The second-order valence-electron chi connectivity index (χ2n) is 12.8. The first-order chi connectivity index (χ1) is 25.8. The molecule has 0 unspecified atom stereocenters. The average Bonchev–Trinajstić information content (AvgIpc) is 3.61. The summed E-state index contributed by atoms with van der Waals surface area (Å²) in [6, 6.07) is 62.7. The van der Waals surface area contributed by atoms with E-state index in [0.717, 1.165) is 66.5 Å². The molecule has 0 aliphatic carbocycles. The van der Waals surface area contributed by atoms with Crippen LogP contribution < -0.4 is 4.90 Å². The number of hydrogen-bond acceptors (Lipinski definition) is 5. The van der Waals surface area contributed by atoms with Crippen molar-refractivity contribution in [3.63, 3.8) is 0 Å². The molecule has 0 amide bonds. The summed E-state index contributed by atoms with van der Waals surface area (Å²) in [7, 11) is 0. The highest BCUT2D eigenvalue weighted by Gasteiger charge is 2.23. The lowest BCUT2D eigenvalue weighted by atomic mass is 9.98. The minimum atomic E-state index is 0.594. The molecule has 244 valence electrons. The van der Waals surface area contributed by atoms with E-state index in [1.807, 2.05) is 72.8 Å². The van der Waals surface area contributed by atoms with Gasteiger partial charge < -0.3 is 9.32 Å². The molecular formula is C47H30N4O. The van der Waals surface area contributed by atoms with E-state index in [1.54, 1.807) is 0 Å². The zero-order valence-corrected chi connectivity index (χ0v) is 28.0. The molecule has 5 heteroatoms. The Labute approximate surface area is 300 Å². The summed E-state index contributed by atoms with van der Waals surface area (Å²) in [5.74, 6) is 1.84. The second-order valence-corrected chi connectivity index (χ2v) is 12.8. The van der Waals surface area contributed by atoms with Crippen molar-refractivity contribution in [2.75, 3.05) is 4.90 Å². The fraction of sp³-hybridized carbons (Fsp3) is 0. The zero-order valence-electron chi connectivity index (χ0n) is 28.0. The summed E-state index contributed by atoms with van der Waals surface area (Å²) < 4.78 is 6.79. The van der Waals surface area contributed by atoms with Gasteiger partial charge in [0.25, 0.3) is 0 Å². The van der Waals surface area contributed by atoms with Crippen LogP contribution in [0.3, 0.4) is 0 Å². The third-order valence-corrected chi connectivity index (χ3v) is 9.67. The summed E-state index contributed by atoms with van der Waals surface area (Å²) in [6.07, 6.45) is 0. The quantitative estimate of drug-likeness (QED) is 0.177. The molecule has 10 rings (SSSR count). The maximum atomic E-state index is 6.79. The summed E-state index contributed by atoms with van der Waals surface area (Å²) in [6.45, 7) is 0. The first-order valence-electron chi connectivity index (χ1n) is 17.4. The molecule has 0 saturated carbocycles. The van der Waals surface area contributed by atoms with E-state index < -0.39 is 0 Å². The third-order valence-electron chi connectivity index (χ3n) is 9.67. The lowest BCUT2D eigenvalue weighted by molar-refractivity contribution is 0.669. The second kappa shape index (κ2) is 12.3. The maximum Gasteiger partial charge on any atom is 0.164 e. The van der Waals surface area contributed by atoms with Gasteiger partial charge in [-0.15, -0.1) is 0 Å². The van der Waals surface area contributed by atoms with E-state index in [4.69, 9.17) is 19.4 Å². The van der Waals surface area contributed by atoms with Gasteiger partial charge in [0.1, 0.15) is 11.2 Å². The fourth-order valence-corrected chi connectivity index (χ4v) is 7.28. The Morgan fingerprint density at radius 2 is 0.981 bits per heavy atom. The van der Waals surface area contributed by atoms with Crippen LogP contribution in [-0.2, 0) is 0 Å². The lowest BCUT2D eigenvalue weighted by Gasteiger charge is -2.27. The van der Waals surface area contributed by atoms with Crippen molar-refractivity contribution in [2.45, 2.75) is 0 Å². The Morgan fingerprint density at radius 1 is 0.385 bits per heavy atom. The van der Waals surface area contributed by atoms with Crippen molar-refractivity contribution in [3.05, 3.63) is 182 Å². The number of anilines is 3. The number of benzene rings is 8. The van der Waals surface area contributed by atoms with Crippen molar-refractivity contribution >= 4 is 60.5 Å². The summed E-state index contributed by atoms with van der Waals surface area (Å²) in [5.41, 5.74) is 7.47. The molecular weight excluding hydrogens is 637 g/mol. The average molecular weight is 667 g/mol. The molecule has 0 bridgehead atoms. The zero-order chi connectivity index (χ0) is 34.4. The Balaban J connectivity index is 1.24. The van der Waals surface area contributed by atoms with Crippen molar-refractivity contribution in [1.82, 2.24) is 15.0 Å². The normalized spacial score (nSPS) is 11.5. The molecule has 8 aromatic carbocycles. The molecule has 5 nitrogen and oxygen atoms in total. The summed E-state index contributed by atoms with van der Waals surface area (Å²) >= 11 is 0. The highest BCUT2D eigenvalue weighted by atomic mass is 16.3. The van der Waals surface area contributed by atoms with Crippen LogP contribution in [0.2, 0.25) is 0 Å². The molecule has 0 atom stereocenters. The predicted octanol–water partition coefficient (Wildman–Crippen LogP) is 12.5. The molecule has 2 aromatic heterocycles. The van der Waals surface area contributed by atoms with Gasteiger partial charge >= 0.3 is 0 Å².